The van der Waals surface area contributed by atoms with Crippen LogP contribution in [-0.4, -0.2) is 14.1 Å². The Hall–Kier alpha value is -7.11. The molecule has 11 rings (SSSR count). The summed E-state index contributed by atoms with van der Waals surface area (Å²) in [6.45, 7) is 5.78. The highest BCUT2D eigenvalue weighted by atomic mass is 16.5. The second-order valence-electron chi connectivity index (χ2n) is 14.3. The van der Waals surface area contributed by atoms with Crippen molar-refractivity contribution in [2.24, 2.45) is 0 Å². The van der Waals surface area contributed by atoms with Gasteiger partial charge in [-0.3, -0.25) is 4.57 Å². The van der Waals surface area contributed by atoms with Crippen molar-refractivity contribution in [3.05, 3.63) is 180 Å². The monoisotopic (exact) mass is 747 g/mol. The molecule has 4 heterocycles. The van der Waals surface area contributed by atoms with Crippen LogP contribution in [-0.2, 0) is 13.0 Å². The zero-order chi connectivity index (χ0) is 47.8. The second-order valence-corrected chi connectivity index (χ2v) is 14.3. The number of aromatic nitrogens is 3. The zero-order valence-electron chi connectivity index (χ0n) is 42.3. The predicted octanol–water partition coefficient (Wildman–Crippen LogP) is 13.8. The molecule has 7 aromatic carbocycles. The van der Waals surface area contributed by atoms with Crippen LogP contribution in [0, 0.1) is 13.8 Å². The number of rotatable bonds is 5. The Labute approximate surface area is 346 Å². The minimum absolute atomic E-state index is 0.0208. The molecule has 0 atom stereocenters. The molecule has 0 unspecified atom stereocenters. The van der Waals surface area contributed by atoms with E-state index in [1.54, 1.807) is 0 Å². The van der Waals surface area contributed by atoms with Crippen molar-refractivity contribution >= 4 is 76.5 Å². The molecule has 0 aliphatic carbocycles. The average Bonchev–Trinajstić information content (AvgIpc) is 3.89. The van der Waals surface area contributed by atoms with Crippen molar-refractivity contribution in [3.8, 4) is 17.3 Å². The van der Waals surface area contributed by atoms with Gasteiger partial charge >= 0.3 is 0 Å². The van der Waals surface area contributed by atoms with Gasteiger partial charge in [0.25, 0.3) is 0 Å². The summed E-state index contributed by atoms with van der Waals surface area (Å²) in [6.07, 6.45) is -0.412. The fraction of sp³-hybridized carbons (Fsp3) is 0.0962. The molecule has 57 heavy (non-hydrogen) atoms. The van der Waals surface area contributed by atoms with Crippen LogP contribution in [0.5, 0.6) is 11.5 Å². The van der Waals surface area contributed by atoms with Crippen LogP contribution in [0.15, 0.2) is 164 Å². The maximum atomic E-state index is 9.37. The van der Waals surface area contributed by atoms with E-state index in [9.17, 15) is 4.11 Å². The Morgan fingerprint density at radius 3 is 2.26 bits per heavy atom. The van der Waals surface area contributed by atoms with Crippen molar-refractivity contribution in [3.63, 3.8) is 0 Å². The molecule has 5 heteroatoms. The van der Waals surface area contributed by atoms with Crippen LogP contribution >= 0.6 is 0 Å². The number of fused-ring (bicyclic) bond motifs is 10. The summed E-state index contributed by atoms with van der Waals surface area (Å²) in [5, 5.41) is 6.28. The van der Waals surface area contributed by atoms with E-state index in [0.29, 0.717) is 0 Å². The number of benzene rings is 7. The number of pyridine rings is 1. The second kappa shape index (κ2) is 13.0. The first-order valence-corrected chi connectivity index (χ1v) is 18.7. The molecule has 0 amide bonds. The van der Waals surface area contributed by atoms with Crippen molar-refractivity contribution in [1.82, 2.24) is 14.1 Å². The molecular formula is C52H40N4O. The Balaban J connectivity index is 1.15. The van der Waals surface area contributed by atoms with E-state index in [-0.39, 0.29) is 63.1 Å². The Kier molecular flexibility index (Phi) is 5.41. The van der Waals surface area contributed by atoms with E-state index in [4.69, 9.17) is 15.7 Å². The van der Waals surface area contributed by atoms with Gasteiger partial charge in [0.2, 0.25) is 0 Å². The zero-order valence-corrected chi connectivity index (χ0v) is 31.3. The third-order valence-corrected chi connectivity index (χ3v) is 11.0. The lowest BCUT2D eigenvalue weighted by atomic mass is 9.99. The van der Waals surface area contributed by atoms with Crippen LogP contribution in [0.4, 0.5) is 11.4 Å². The van der Waals surface area contributed by atoms with Crippen molar-refractivity contribution in [2.45, 2.75) is 33.8 Å². The first-order chi connectivity index (χ1) is 32.5. The van der Waals surface area contributed by atoms with Crippen molar-refractivity contribution < 1.29 is 19.8 Å². The van der Waals surface area contributed by atoms with Gasteiger partial charge in [0.05, 0.1) is 40.1 Å². The first kappa shape index (κ1) is 23.7. The smallest absolute Gasteiger partial charge is 0.137 e. The Bertz CT molecular complexity index is 3950. The molecule has 0 saturated carbocycles. The third kappa shape index (κ3) is 5.26. The van der Waals surface area contributed by atoms with Gasteiger partial charge in [0.15, 0.2) is 0 Å². The van der Waals surface area contributed by atoms with E-state index in [1.165, 1.54) is 42.0 Å². The normalized spacial score (nSPS) is 15.4. The predicted molar refractivity (Wildman–Crippen MR) is 238 cm³/mol. The Morgan fingerprint density at radius 1 is 0.632 bits per heavy atom. The van der Waals surface area contributed by atoms with Crippen LogP contribution in [0.1, 0.15) is 38.7 Å². The minimum atomic E-state index is -1.81. The van der Waals surface area contributed by atoms with Gasteiger partial charge < -0.3 is 14.2 Å². The largest absolute Gasteiger partial charge is 0.457 e. The van der Waals surface area contributed by atoms with Gasteiger partial charge in [-0.15, -0.1) is 0 Å². The maximum absolute atomic E-state index is 9.37. The van der Waals surface area contributed by atoms with E-state index >= 15 is 0 Å². The van der Waals surface area contributed by atoms with E-state index in [2.05, 4.69) is 78.0 Å². The fourth-order valence-electron chi connectivity index (χ4n) is 8.45. The number of ether oxygens (including phenoxy) is 1. The van der Waals surface area contributed by atoms with Gasteiger partial charge in [-0.05, 0) is 101 Å². The highest BCUT2D eigenvalue weighted by Crippen LogP contribution is 2.44. The molecule has 5 nitrogen and oxygen atoms in total. The summed E-state index contributed by atoms with van der Waals surface area (Å²) in [6, 6.07) is 29.3. The molecule has 1 aliphatic heterocycles. The number of aryl methyl sites for hydroxylation is 3. The first-order valence-electron chi connectivity index (χ1n) is 24.2. The summed E-state index contributed by atoms with van der Waals surface area (Å²) >= 11 is 0. The fourth-order valence-corrected chi connectivity index (χ4v) is 8.45. The lowest BCUT2D eigenvalue weighted by molar-refractivity contribution is 0.483. The standard InChI is InChI=1S/C52H40N4O/c1-4-35-26-27-53-50(29-35)56-47-20-8-7-17-42(47)43-25-23-38(31-49(43)56)57-37-14-10-13-36(30-37)54-32-55-51-34(3)12-9-18-45(51)46-28-33(2)22-24-41(46)39-15-5-6-16-40(39)44-19-11-21-48(54)52(44)55/h5-31H,4,32H2,1-3H3/i4D2,7D,8D,10D,13D,14D,17D,20D,23D,25D. The average molecular weight is 748 g/mol. The third-order valence-electron chi connectivity index (χ3n) is 11.0. The molecule has 274 valence electrons. The molecule has 1 aliphatic rings. The number of hydrogen-bond acceptors (Lipinski definition) is 3. The Morgan fingerprint density at radius 2 is 1.39 bits per heavy atom. The van der Waals surface area contributed by atoms with Gasteiger partial charge in [-0.25, -0.2) is 4.98 Å². The number of para-hydroxylation sites is 3. The maximum Gasteiger partial charge on any atom is 0.137 e. The quantitative estimate of drug-likeness (QED) is 0.176. The minimum Gasteiger partial charge on any atom is -0.457 e. The van der Waals surface area contributed by atoms with E-state index in [1.807, 2.05) is 29.2 Å². The molecule has 0 bridgehead atoms. The summed E-state index contributed by atoms with van der Waals surface area (Å²) in [4.78, 5) is 6.43. The summed E-state index contributed by atoms with van der Waals surface area (Å²) in [5.74, 6) is -0.280. The van der Waals surface area contributed by atoms with Gasteiger partial charge in [0.1, 0.15) is 24.0 Å². The van der Waals surface area contributed by atoms with Gasteiger partial charge in [-0.2, -0.15) is 0 Å². The molecule has 10 aromatic rings. The van der Waals surface area contributed by atoms with Crippen molar-refractivity contribution in [1.29, 1.82) is 0 Å². The summed E-state index contributed by atoms with van der Waals surface area (Å²) in [7, 11) is 0. The van der Waals surface area contributed by atoms with E-state index < -0.39 is 54.7 Å². The van der Waals surface area contributed by atoms with E-state index in [0.717, 1.165) is 60.2 Å². The number of nitrogens with zero attached hydrogens (tertiary/aromatic N) is 4. The lowest BCUT2D eigenvalue weighted by Gasteiger charge is -2.21. The lowest BCUT2D eigenvalue weighted by Crippen LogP contribution is -2.14. The molecule has 0 saturated heterocycles. The van der Waals surface area contributed by atoms with Gasteiger partial charge in [-0.1, -0.05) is 109 Å². The molecular weight excluding hydrogens is 697 g/mol. The molecule has 3 aromatic heterocycles. The van der Waals surface area contributed by atoms with Crippen LogP contribution in [0.25, 0.3) is 71.0 Å². The molecule has 0 fully saturated rings. The van der Waals surface area contributed by atoms with Gasteiger partial charge in [0, 0.05) is 48.3 Å². The summed E-state index contributed by atoms with van der Waals surface area (Å²) in [5.41, 5.74) is 5.41. The molecule has 0 N–H and O–H groups in total. The SMILES string of the molecule is [2H]c1c(Oc2cc3c(c([2H])c2[2H])c2c([2H])c([2H])c([2H])c([2H])c2n3-c2cc(C([2H])([2H])C)ccn2)cc(N2Cn3c4c(C)cccc4c4cc(C)ccc4c4ccccc4c4cccc2c43)c([2H])c1[2H]. The van der Waals surface area contributed by atoms with Crippen LogP contribution < -0.4 is 9.64 Å². The molecule has 0 spiro atoms. The number of hydrogen-bond donors (Lipinski definition) is 0. The topological polar surface area (TPSA) is 35.2 Å². The van der Waals surface area contributed by atoms with Crippen molar-refractivity contribution in [2.75, 3.05) is 4.90 Å². The molecule has 0 radical (unpaired) electrons. The highest BCUT2D eigenvalue weighted by molar-refractivity contribution is 6.21. The number of anilines is 2. The highest BCUT2D eigenvalue weighted by Gasteiger charge is 2.25. The van der Waals surface area contributed by atoms with Crippen LogP contribution in [0.2, 0.25) is 0 Å². The van der Waals surface area contributed by atoms with Crippen LogP contribution in [0.3, 0.4) is 0 Å². The summed E-state index contributed by atoms with van der Waals surface area (Å²) < 4.78 is 108.